The van der Waals surface area contributed by atoms with E-state index in [9.17, 15) is 18.0 Å². The molecule has 1 aliphatic heterocycles. The van der Waals surface area contributed by atoms with Gasteiger partial charge < -0.3 is 10.0 Å². The van der Waals surface area contributed by atoms with Crippen molar-refractivity contribution in [1.82, 2.24) is 4.98 Å². The van der Waals surface area contributed by atoms with Crippen molar-refractivity contribution in [2.45, 2.75) is 12.6 Å². The first kappa shape index (κ1) is 13.4. The van der Waals surface area contributed by atoms with Crippen molar-refractivity contribution in [3.63, 3.8) is 0 Å². The second-order valence-electron chi connectivity index (χ2n) is 4.12. The zero-order valence-electron chi connectivity index (χ0n) is 9.81. The summed E-state index contributed by atoms with van der Waals surface area (Å²) >= 11 is 0. The molecule has 0 amide bonds. The Hall–Kier alpha value is -2.05. The average Bonchev–Trinajstić information content (AvgIpc) is 2.38. The van der Waals surface area contributed by atoms with Crippen molar-refractivity contribution in [2.75, 3.05) is 18.0 Å². The van der Waals surface area contributed by atoms with Crippen LogP contribution in [0, 0.1) is 0 Å². The third kappa shape index (κ3) is 2.86. The van der Waals surface area contributed by atoms with Crippen LogP contribution in [0.15, 0.2) is 30.1 Å². The van der Waals surface area contributed by atoms with E-state index in [1.54, 1.807) is 4.90 Å². The van der Waals surface area contributed by atoms with Crippen LogP contribution in [-0.2, 0) is 0 Å². The standard InChI is InChI=1S/C12H11F3N2O2/c13-12(14,15)8-2-5-17(6-3-8)10-1-4-16-7-9(10)11(18)19/h1-2,4,7H,3,5-6H2,(H,18,19). The van der Waals surface area contributed by atoms with Crippen molar-refractivity contribution in [2.24, 2.45) is 0 Å². The first-order chi connectivity index (χ1) is 8.89. The maximum atomic E-state index is 12.5. The summed E-state index contributed by atoms with van der Waals surface area (Å²) in [5, 5.41) is 9.02. The van der Waals surface area contributed by atoms with Crippen LogP contribution in [0.1, 0.15) is 16.8 Å². The fourth-order valence-electron chi connectivity index (χ4n) is 1.97. The van der Waals surface area contributed by atoms with Crippen LogP contribution in [-0.4, -0.2) is 35.3 Å². The number of halogens is 3. The summed E-state index contributed by atoms with van der Waals surface area (Å²) in [7, 11) is 0. The molecule has 0 bridgehead atoms. The summed E-state index contributed by atoms with van der Waals surface area (Å²) in [5.74, 6) is -1.14. The van der Waals surface area contributed by atoms with Crippen molar-refractivity contribution in [3.05, 3.63) is 35.7 Å². The number of pyridine rings is 1. The summed E-state index contributed by atoms with van der Waals surface area (Å²) < 4.78 is 37.5. The summed E-state index contributed by atoms with van der Waals surface area (Å²) in [6, 6.07) is 1.50. The molecule has 4 nitrogen and oxygen atoms in total. The number of rotatable bonds is 2. The van der Waals surface area contributed by atoms with Gasteiger partial charge in [-0.15, -0.1) is 0 Å². The predicted molar refractivity (Wildman–Crippen MR) is 62.2 cm³/mol. The molecule has 2 heterocycles. The molecule has 0 aromatic carbocycles. The molecule has 0 unspecified atom stereocenters. The second kappa shape index (κ2) is 4.91. The van der Waals surface area contributed by atoms with Gasteiger partial charge in [0.05, 0.1) is 5.69 Å². The molecule has 19 heavy (non-hydrogen) atoms. The molecule has 0 saturated carbocycles. The van der Waals surface area contributed by atoms with E-state index in [4.69, 9.17) is 5.11 Å². The van der Waals surface area contributed by atoms with Gasteiger partial charge in [-0.25, -0.2) is 4.79 Å². The number of anilines is 1. The molecule has 0 saturated heterocycles. The minimum absolute atomic E-state index is 0.00800. The normalized spacial score (nSPS) is 16.2. The lowest BCUT2D eigenvalue weighted by Crippen LogP contribution is -2.32. The van der Waals surface area contributed by atoms with Crippen molar-refractivity contribution in [1.29, 1.82) is 0 Å². The van der Waals surface area contributed by atoms with E-state index in [1.165, 1.54) is 18.5 Å². The van der Waals surface area contributed by atoms with Gasteiger partial charge in [0.2, 0.25) is 0 Å². The number of carboxylic acid groups (broad SMARTS) is 1. The van der Waals surface area contributed by atoms with Gasteiger partial charge in [0, 0.05) is 31.1 Å². The highest BCUT2D eigenvalue weighted by molar-refractivity contribution is 5.94. The van der Waals surface area contributed by atoms with Crippen LogP contribution in [0.2, 0.25) is 0 Å². The van der Waals surface area contributed by atoms with Crippen LogP contribution in [0.5, 0.6) is 0 Å². The molecule has 0 aliphatic carbocycles. The van der Waals surface area contributed by atoms with Gasteiger partial charge in [0.25, 0.3) is 0 Å². The molecule has 0 atom stereocenters. The highest BCUT2D eigenvalue weighted by atomic mass is 19.4. The molecule has 0 fully saturated rings. The fraction of sp³-hybridized carbons (Fsp3) is 0.333. The first-order valence-electron chi connectivity index (χ1n) is 5.58. The van der Waals surface area contributed by atoms with Crippen molar-refractivity contribution >= 4 is 11.7 Å². The Morgan fingerprint density at radius 1 is 1.42 bits per heavy atom. The maximum Gasteiger partial charge on any atom is 0.412 e. The second-order valence-corrected chi connectivity index (χ2v) is 4.12. The molecule has 1 aromatic heterocycles. The number of alkyl halides is 3. The van der Waals surface area contributed by atoms with Gasteiger partial charge >= 0.3 is 12.1 Å². The topological polar surface area (TPSA) is 53.4 Å². The SMILES string of the molecule is O=C(O)c1cnccc1N1CC=C(C(F)(F)F)CC1. The fourth-order valence-corrected chi connectivity index (χ4v) is 1.97. The van der Waals surface area contributed by atoms with Crippen LogP contribution in [0.25, 0.3) is 0 Å². The number of aromatic carboxylic acids is 1. The minimum atomic E-state index is -4.31. The lowest BCUT2D eigenvalue weighted by atomic mass is 10.1. The predicted octanol–water partition coefficient (Wildman–Crippen LogP) is 2.48. The van der Waals surface area contributed by atoms with E-state index in [-0.39, 0.29) is 25.1 Å². The number of hydrogen-bond donors (Lipinski definition) is 1. The molecule has 0 spiro atoms. The lowest BCUT2D eigenvalue weighted by molar-refractivity contribution is -0.0944. The van der Waals surface area contributed by atoms with Crippen molar-refractivity contribution in [3.8, 4) is 0 Å². The summed E-state index contributed by atoms with van der Waals surface area (Å²) in [6.07, 6.45) is -0.744. The van der Waals surface area contributed by atoms with Gasteiger partial charge in [-0.3, -0.25) is 4.98 Å². The van der Waals surface area contributed by atoms with Gasteiger partial charge in [-0.1, -0.05) is 6.08 Å². The van der Waals surface area contributed by atoms with E-state index in [0.29, 0.717) is 5.69 Å². The number of carboxylic acids is 1. The zero-order valence-corrected chi connectivity index (χ0v) is 9.81. The number of hydrogen-bond acceptors (Lipinski definition) is 3. The van der Waals surface area contributed by atoms with E-state index < -0.39 is 17.7 Å². The van der Waals surface area contributed by atoms with Gasteiger partial charge in [0.15, 0.2) is 0 Å². The maximum absolute atomic E-state index is 12.5. The Morgan fingerprint density at radius 3 is 2.68 bits per heavy atom. The molecule has 102 valence electrons. The molecule has 1 aromatic rings. The zero-order chi connectivity index (χ0) is 14.0. The molecule has 0 radical (unpaired) electrons. The average molecular weight is 272 g/mol. The van der Waals surface area contributed by atoms with Crippen LogP contribution in [0.3, 0.4) is 0 Å². The third-order valence-corrected chi connectivity index (χ3v) is 2.94. The number of aromatic nitrogens is 1. The third-order valence-electron chi connectivity index (χ3n) is 2.94. The van der Waals surface area contributed by atoms with E-state index in [0.717, 1.165) is 6.08 Å². The summed E-state index contributed by atoms with van der Waals surface area (Å²) in [5.41, 5.74) is -0.180. The Labute approximate surface area is 107 Å². The number of nitrogens with zero attached hydrogens (tertiary/aromatic N) is 2. The highest BCUT2D eigenvalue weighted by Crippen LogP contribution is 2.32. The molecule has 1 N–H and O–H groups in total. The summed E-state index contributed by atoms with van der Waals surface area (Å²) in [6.45, 7) is 0.175. The molecular weight excluding hydrogens is 261 g/mol. The van der Waals surface area contributed by atoms with Crippen LogP contribution < -0.4 is 4.90 Å². The Morgan fingerprint density at radius 2 is 2.16 bits per heavy atom. The smallest absolute Gasteiger partial charge is 0.412 e. The highest BCUT2D eigenvalue weighted by Gasteiger charge is 2.35. The van der Waals surface area contributed by atoms with Crippen LogP contribution in [0.4, 0.5) is 18.9 Å². The largest absolute Gasteiger partial charge is 0.478 e. The monoisotopic (exact) mass is 272 g/mol. The molecule has 1 aliphatic rings. The van der Waals surface area contributed by atoms with E-state index in [2.05, 4.69) is 4.98 Å². The number of carbonyl (C=O) groups is 1. The minimum Gasteiger partial charge on any atom is -0.478 e. The van der Waals surface area contributed by atoms with E-state index >= 15 is 0 Å². The first-order valence-corrected chi connectivity index (χ1v) is 5.58. The van der Waals surface area contributed by atoms with Gasteiger partial charge in [-0.2, -0.15) is 13.2 Å². The Bertz CT molecular complexity index is 526. The summed E-state index contributed by atoms with van der Waals surface area (Å²) in [4.78, 5) is 16.3. The Balaban J connectivity index is 2.23. The molecule has 2 rings (SSSR count). The molecule has 7 heteroatoms. The van der Waals surface area contributed by atoms with Gasteiger partial charge in [0.1, 0.15) is 5.56 Å². The quantitative estimate of drug-likeness (QED) is 0.840. The van der Waals surface area contributed by atoms with Crippen LogP contribution >= 0.6 is 0 Å². The van der Waals surface area contributed by atoms with E-state index in [1.807, 2.05) is 0 Å². The molecular formula is C12H11F3N2O2. The van der Waals surface area contributed by atoms with Gasteiger partial charge in [-0.05, 0) is 12.5 Å². The Kier molecular flexibility index (Phi) is 3.46. The lowest BCUT2D eigenvalue weighted by Gasteiger charge is -2.29. The van der Waals surface area contributed by atoms with Crippen molar-refractivity contribution < 1.29 is 23.1 Å².